The summed E-state index contributed by atoms with van der Waals surface area (Å²) in [5.74, 6) is 1.58. The first-order valence-corrected chi connectivity index (χ1v) is 11.7. The number of morpholine rings is 1. The Morgan fingerprint density at radius 2 is 1.81 bits per heavy atom. The number of ether oxygens (including phenoxy) is 1. The number of fused-ring (bicyclic) bond motifs is 1. The highest BCUT2D eigenvalue weighted by Crippen LogP contribution is 2.26. The van der Waals surface area contributed by atoms with Gasteiger partial charge in [0.25, 0.3) is 5.91 Å². The van der Waals surface area contributed by atoms with Crippen LogP contribution >= 0.6 is 0 Å². The zero-order valence-electron chi connectivity index (χ0n) is 18.4. The van der Waals surface area contributed by atoms with E-state index in [1.165, 1.54) is 10.9 Å². The van der Waals surface area contributed by atoms with Gasteiger partial charge in [-0.15, -0.1) is 0 Å². The van der Waals surface area contributed by atoms with Crippen LogP contribution in [-0.2, 0) is 11.2 Å². The number of aromatic nitrogens is 2. The largest absolute Gasteiger partial charge is 0.378 e. The highest BCUT2D eigenvalue weighted by Gasteiger charge is 2.23. The molecule has 0 radical (unpaired) electrons. The van der Waals surface area contributed by atoms with Gasteiger partial charge in [0, 0.05) is 49.5 Å². The molecule has 0 N–H and O–H groups in total. The Hall–Kier alpha value is -2.99. The molecule has 1 amide bonds. The van der Waals surface area contributed by atoms with Crippen LogP contribution in [0.4, 0.5) is 5.82 Å². The molecule has 166 valence electrons. The normalized spacial score (nSPS) is 19.7. The molecular weight excluding hydrogens is 400 g/mol. The second-order valence-electron chi connectivity index (χ2n) is 8.78. The molecule has 0 saturated carbocycles. The smallest absolute Gasteiger partial charge is 0.254 e. The van der Waals surface area contributed by atoms with E-state index in [0.717, 1.165) is 68.8 Å². The minimum atomic E-state index is 0.122. The molecule has 6 nitrogen and oxygen atoms in total. The standard InChI is InChI=1S/C26H30N4O2/c31-26(22-8-11-28-25(19-22)29-14-16-32-17-15-29)30-12-3-4-20(9-13-30)18-21-7-10-27-24-6-2-1-5-23(21)24/h1-2,5-8,10-11,19-20H,3-4,9,12-18H2. The Kier molecular flexibility index (Phi) is 6.30. The summed E-state index contributed by atoms with van der Waals surface area (Å²) >= 11 is 0. The van der Waals surface area contributed by atoms with Crippen molar-refractivity contribution in [3.05, 3.63) is 66.0 Å². The van der Waals surface area contributed by atoms with Gasteiger partial charge in [0.1, 0.15) is 5.82 Å². The molecule has 3 aromatic rings. The van der Waals surface area contributed by atoms with Crippen LogP contribution in [0.5, 0.6) is 0 Å². The number of anilines is 1. The van der Waals surface area contributed by atoms with Crippen molar-refractivity contribution in [2.75, 3.05) is 44.3 Å². The third kappa shape index (κ3) is 4.60. The van der Waals surface area contributed by atoms with Gasteiger partial charge in [0.2, 0.25) is 0 Å². The van der Waals surface area contributed by atoms with Crippen LogP contribution in [0.25, 0.3) is 10.9 Å². The number of carbonyl (C=O) groups is 1. The summed E-state index contributed by atoms with van der Waals surface area (Å²) in [7, 11) is 0. The number of likely N-dealkylation sites (tertiary alicyclic amines) is 1. The molecule has 1 unspecified atom stereocenters. The average Bonchev–Trinajstić information content (AvgIpc) is 3.10. The van der Waals surface area contributed by atoms with Crippen molar-refractivity contribution >= 4 is 22.6 Å². The van der Waals surface area contributed by atoms with Crippen molar-refractivity contribution in [3.63, 3.8) is 0 Å². The predicted molar refractivity (Wildman–Crippen MR) is 126 cm³/mol. The second kappa shape index (κ2) is 9.65. The lowest BCUT2D eigenvalue weighted by atomic mass is 9.91. The van der Waals surface area contributed by atoms with Crippen molar-refractivity contribution < 1.29 is 9.53 Å². The second-order valence-corrected chi connectivity index (χ2v) is 8.78. The van der Waals surface area contributed by atoms with Crippen molar-refractivity contribution in [2.45, 2.75) is 25.7 Å². The van der Waals surface area contributed by atoms with Gasteiger partial charge in [-0.3, -0.25) is 9.78 Å². The molecule has 2 fully saturated rings. The van der Waals surface area contributed by atoms with Crippen LogP contribution in [0.2, 0.25) is 0 Å². The maximum absolute atomic E-state index is 13.3. The van der Waals surface area contributed by atoms with Crippen LogP contribution in [0.15, 0.2) is 54.9 Å². The lowest BCUT2D eigenvalue weighted by Crippen LogP contribution is -2.37. The molecule has 0 aliphatic carbocycles. The van der Waals surface area contributed by atoms with Gasteiger partial charge in [0.15, 0.2) is 0 Å². The van der Waals surface area contributed by atoms with Gasteiger partial charge in [-0.2, -0.15) is 0 Å². The molecule has 4 heterocycles. The van der Waals surface area contributed by atoms with E-state index >= 15 is 0 Å². The Morgan fingerprint density at radius 1 is 0.969 bits per heavy atom. The molecule has 0 spiro atoms. The fourth-order valence-electron chi connectivity index (χ4n) is 4.92. The molecular formula is C26H30N4O2. The van der Waals surface area contributed by atoms with Crippen molar-refractivity contribution in [1.82, 2.24) is 14.9 Å². The molecule has 2 aliphatic rings. The summed E-state index contributed by atoms with van der Waals surface area (Å²) in [5.41, 5.74) is 3.16. The predicted octanol–water partition coefficient (Wildman–Crippen LogP) is 3.95. The number of nitrogens with zero attached hydrogens (tertiary/aromatic N) is 4. The molecule has 1 atom stereocenters. The lowest BCUT2D eigenvalue weighted by molar-refractivity contribution is 0.0760. The van der Waals surface area contributed by atoms with Crippen LogP contribution in [0.3, 0.4) is 0 Å². The zero-order valence-corrected chi connectivity index (χ0v) is 18.4. The molecule has 2 aliphatic heterocycles. The molecule has 1 aromatic carbocycles. The Morgan fingerprint density at radius 3 is 2.72 bits per heavy atom. The van der Waals surface area contributed by atoms with Crippen molar-refractivity contribution in [2.24, 2.45) is 5.92 Å². The molecule has 5 rings (SSSR count). The number of para-hydroxylation sites is 1. The minimum absolute atomic E-state index is 0.122. The number of hydrogen-bond donors (Lipinski definition) is 0. The van der Waals surface area contributed by atoms with Gasteiger partial charge in [-0.05, 0) is 61.4 Å². The summed E-state index contributed by atoms with van der Waals surface area (Å²) in [6.07, 6.45) is 7.94. The molecule has 2 aromatic heterocycles. The van der Waals surface area contributed by atoms with E-state index in [-0.39, 0.29) is 5.91 Å². The summed E-state index contributed by atoms with van der Waals surface area (Å²) in [4.78, 5) is 26.5. The Labute approximate surface area is 189 Å². The molecule has 2 saturated heterocycles. The summed E-state index contributed by atoms with van der Waals surface area (Å²) in [5, 5.41) is 1.25. The van der Waals surface area contributed by atoms with Crippen molar-refractivity contribution in [3.8, 4) is 0 Å². The van der Waals surface area contributed by atoms with Crippen LogP contribution in [0, 0.1) is 5.92 Å². The number of carbonyl (C=O) groups excluding carboxylic acids is 1. The van der Waals surface area contributed by atoms with E-state index in [0.29, 0.717) is 19.1 Å². The van der Waals surface area contributed by atoms with Gasteiger partial charge in [-0.1, -0.05) is 18.2 Å². The number of benzene rings is 1. The first kappa shape index (κ1) is 20.9. The van der Waals surface area contributed by atoms with Gasteiger partial charge < -0.3 is 14.5 Å². The van der Waals surface area contributed by atoms with E-state index < -0.39 is 0 Å². The zero-order chi connectivity index (χ0) is 21.8. The summed E-state index contributed by atoms with van der Waals surface area (Å²) in [6.45, 7) is 4.68. The fourth-order valence-corrected chi connectivity index (χ4v) is 4.92. The monoisotopic (exact) mass is 430 g/mol. The van der Waals surface area contributed by atoms with Crippen LogP contribution < -0.4 is 4.90 Å². The van der Waals surface area contributed by atoms with E-state index in [1.807, 2.05) is 29.3 Å². The number of rotatable bonds is 4. The van der Waals surface area contributed by atoms with Crippen molar-refractivity contribution in [1.29, 1.82) is 0 Å². The third-order valence-electron chi connectivity index (χ3n) is 6.71. The Bertz CT molecular complexity index is 1070. The fraction of sp³-hybridized carbons (Fsp3) is 0.423. The topological polar surface area (TPSA) is 58.6 Å². The first-order valence-electron chi connectivity index (χ1n) is 11.7. The van der Waals surface area contributed by atoms with Gasteiger partial charge >= 0.3 is 0 Å². The molecule has 0 bridgehead atoms. The van der Waals surface area contributed by atoms with E-state index in [2.05, 4.69) is 39.1 Å². The average molecular weight is 431 g/mol. The molecule has 6 heteroatoms. The number of amides is 1. The highest BCUT2D eigenvalue weighted by atomic mass is 16.5. The number of hydrogen-bond acceptors (Lipinski definition) is 5. The number of pyridine rings is 2. The first-order chi connectivity index (χ1) is 15.8. The van der Waals surface area contributed by atoms with E-state index in [1.54, 1.807) is 6.20 Å². The highest BCUT2D eigenvalue weighted by molar-refractivity contribution is 5.95. The maximum atomic E-state index is 13.3. The van der Waals surface area contributed by atoms with E-state index in [4.69, 9.17) is 4.74 Å². The Balaban J connectivity index is 1.25. The maximum Gasteiger partial charge on any atom is 0.254 e. The minimum Gasteiger partial charge on any atom is -0.378 e. The van der Waals surface area contributed by atoms with E-state index in [9.17, 15) is 4.79 Å². The van der Waals surface area contributed by atoms with Crippen LogP contribution in [-0.4, -0.2) is 60.2 Å². The van der Waals surface area contributed by atoms with Gasteiger partial charge in [0.05, 0.1) is 18.7 Å². The summed E-state index contributed by atoms with van der Waals surface area (Å²) < 4.78 is 5.44. The summed E-state index contributed by atoms with van der Waals surface area (Å²) in [6, 6.07) is 14.3. The SMILES string of the molecule is O=C(c1ccnc(N2CCOCC2)c1)N1CCCC(Cc2ccnc3ccccc23)CC1. The van der Waals surface area contributed by atoms with Crippen LogP contribution in [0.1, 0.15) is 35.2 Å². The third-order valence-corrected chi connectivity index (χ3v) is 6.71. The molecule has 32 heavy (non-hydrogen) atoms. The lowest BCUT2D eigenvalue weighted by Gasteiger charge is -2.28. The quantitative estimate of drug-likeness (QED) is 0.627. The van der Waals surface area contributed by atoms with Gasteiger partial charge in [-0.25, -0.2) is 4.98 Å².